The molecule has 2 aliphatic carbocycles. The molecule has 0 spiro atoms. The van der Waals surface area contributed by atoms with Gasteiger partial charge in [-0.2, -0.15) is 0 Å². The lowest BCUT2D eigenvalue weighted by atomic mass is 9.77. The Morgan fingerprint density at radius 3 is 1.72 bits per heavy atom. The second kappa shape index (κ2) is 13.0. The molecule has 0 aliphatic heterocycles. The van der Waals surface area contributed by atoms with Gasteiger partial charge in [-0.1, -0.05) is 37.8 Å². The van der Waals surface area contributed by atoms with Crippen LogP contribution in [0.3, 0.4) is 0 Å². The van der Waals surface area contributed by atoms with Crippen molar-refractivity contribution in [3.63, 3.8) is 0 Å². The average Bonchev–Trinajstić information content (AvgIpc) is 3.75. The number of carbonyl (C=O) groups is 2. The van der Waals surface area contributed by atoms with Crippen molar-refractivity contribution in [2.75, 3.05) is 40.3 Å². The third kappa shape index (κ3) is 6.01. The monoisotopic (exact) mass is 586 g/mol. The number of nitrogens with one attached hydrogen (secondary N) is 2. The van der Waals surface area contributed by atoms with Crippen LogP contribution in [-0.4, -0.2) is 46.8 Å². The Balaban J connectivity index is 1.27. The molecule has 3 aromatic rings. The zero-order valence-corrected chi connectivity index (χ0v) is 25.6. The minimum atomic E-state index is -0.644. The lowest BCUT2D eigenvalue weighted by Crippen LogP contribution is -2.39. The van der Waals surface area contributed by atoms with E-state index in [9.17, 15) is 9.59 Å². The minimum absolute atomic E-state index is 0.0486. The first-order valence-electron chi connectivity index (χ1n) is 15.0. The second-order valence-electron chi connectivity index (χ2n) is 11.6. The van der Waals surface area contributed by atoms with E-state index in [1.807, 2.05) is 30.3 Å². The van der Waals surface area contributed by atoms with Crippen LogP contribution in [-0.2, 0) is 15.6 Å². The maximum atomic E-state index is 13.7. The molecule has 2 N–H and O–H groups in total. The van der Waals surface area contributed by atoms with Gasteiger partial charge in [0.15, 0.2) is 23.0 Å². The maximum absolute atomic E-state index is 13.7. The van der Waals surface area contributed by atoms with Gasteiger partial charge in [-0.3, -0.25) is 9.59 Å². The fourth-order valence-electron chi connectivity index (χ4n) is 6.85. The summed E-state index contributed by atoms with van der Waals surface area (Å²) >= 11 is 0. The van der Waals surface area contributed by atoms with E-state index in [4.69, 9.17) is 18.9 Å². The van der Waals surface area contributed by atoms with Gasteiger partial charge in [-0.05, 0) is 85.3 Å². The number of carbonyl (C=O) groups excluding carboxylic acids is 2. The number of ether oxygens (including phenoxy) is 4. The summed E-state index contributed by atoms with van der Waals surface area (Å²) in [6, 6.07) is 18.9. The first-order chi connectivity index (χ1) is 20.9. The summed E-state index contributed by atoms with van der Waals surface area (Å²) in [5, 5.41) is 6.29. The zero-order chi connectivity index (χ0) is 30.5. The average molecular weight is 587 g/mol. The number of amides is 2. The number of hydrogen-bond acceptors (Lipinski definition) is 6. The first kappa shape index (κ1) is 30.3. The van der Waals surface area contributed by atoms with Gasteiger partial charge in [0.2, 0.25) is 5.91 Å². The number of hydrogen-bond donors (Lipinski definition) is 2. The molecule has 0 unspecified atom stereocenters. The Hall–Kier alpha value is -4.20. The Labute approximate surface area is 254 Å². The molecular formula is C35H42N2O6. The van der Waals surface area contributed by atoms with Crippen molar-refractivity contribution < 1.29 is 28.5 Å². The van der Waals surface area contributed by atoms with Crippen LogP contribution in [0.5, 0.6) is 23.0 Å². The van der Waals surface area contributed by atoms with E-state index in [2.05, 4.69) is 16.7 Å². The van der Waals surface area contributed by atoms with Crippen molar-refractivity contribution >= 4 is 17.5 Å². The van der Waals surface area contributed by atoms with Crippen LogP contribution >= 0.6 is 0 Å². The highest BCUT2D eigenvalue weighted by Crippen LogP contribution is 2.45. The number of methoxy groups -OCH3 is 4. The summed E-state index contributed by atoms with van der Waals surface area (Å²) in [5.74, 6) is 2.45. The molecule has 2 aliphatic rings. The summed E-state index contributed by atoms with van der Waals surface area (Å²) in [6.45, 7) is 0.535. The molecule has 0 aromatic heterocycles. The van der Waals surface area contributed by atoms with Crippen LogP contribution in [0, 0.1) is 0 Å². The summed E-state index contributed by atoms with van der Waals surface area (Å²) in [7, 11) is 6.47. The van der Waals surface area contributed by atoms with Crippen LogP contribution < -0.4 is 29.6 Å². The summed E-state index contributed by atoms with van der Waals surface area (Å²) in [5.41, 5.74) is 2.49. The van der Waals surface area contributed by atoms with E-state index in [-0.39, 0.29) is 17.2 Å². The summed E-state index contributed by atoms with van der Waals surface area (Å²) in [6.07, 6.45) is 7.70. The summed E-state index contributed by atoms with van der Waals surface area (Å²) in [4.78, 5) is 27.0. The quantitative estimate of drug-likeness (QED) is 0.270. The lowest BCUT2D eigenvalue weighted by Gasteiger charge is -2.30. The number of rotatable bonds is 11. The Morgan fingerprint density at radius 1 is 0.651 bits per heavy atom. The Bertz CT molecular complexity index is 1440. The normalized spacial score (nSPS) is 16.7. The molecule has 0 bridgehead atoms. The van der Waals surface area contributed by atoms with Crippen LogP contribution in [0.25, 0.3) is 0 Å². The van der Waals surface area contributed by atoms with Gasteiger partial charge in [0, 0.05) is 23.2 Å². The Kier molecular flexibility index (Phi) is 9.14. The van der Waals surface area contributed by atoms with Crippen molar-refractivity contribution in [2.24, 2.45) is 0 Å². The molecule has 0 heterocycles. The van der Waals surface area contributed by atoms with Crippen molar-refractivity contribution in [1.29, 1.82) is 0 Å². The third-order valence-electron chi connectivity index (χ3n) is 9.38. The van der Waals surface area contributed by atoms with Crippen molar-refractivity contribution in [2.45, 2.75) is 62.2 Å². The highest BCUT2D eigenvalue weighted by atomic mass is 16.5. The van der Waals surface area contributed by atoms with E-state index in [1.165, 1.54) is 0 Å². The minimum Gasteiger partial charge on any atom is -0.493 e. The largest absolute Gasteiger partial charge is 0.493 e. The zero-order valence-electron chi connectivity index (χ0n) is 25.6. The molecule has 8 nitrogen and oxygen atoms in total. The maximum Gasteiger partial charge on any atom is 0.251 e. The van der Waals surface area contributed by atoms with E-state index in [0.29, 0.717) is 40.8 Å². The van der Waals surface area contributed by atoms with Crippen LogP contribution in [0.15, 0.2) is 60.7 Å². The predicted octanol–water partition coefficient (Wildman–Crippen LogP) is 6.41. The molecule has 2 saturated carbocycles. The topological polar surface area (TPSA) is 95.1 Å². The summed E-state index contributed by atoms with van der Waals surface area (Å²) < 4.78 is 21.9. The molecular weight excluding hydrogens is 544 g/mol. The van der Waals surface area contributed by atoms with Crippen molar-refractivity contribution in [3.05, 3.63) is 77.4 Å². The highest BCUT2D eigenvalue weighted by molar-refractivity contribution is 6.00. The molecule has 3 aromatic carbocycles. The SMILES string of the molecule is COc1ccc(C2(CNC(=O)c3ccc(NC(=O)C4(c5ccc(OC)c(OC)c5)CCCC4)cc3)CCCC2)cc1OC. The fourth-order valence-corrected chi connectivity index (χ4v) is 6.85. The molecule has 8 heteroatoms. The molecule has 5 rings (SSSR count). The highest BCUT2D eigenvalue weighted by Gasteiger charge is 2.43. The second-order valence-corrected chi connectivity index (χ2v) is 11.6. The molecule has 0 saturated heterocycles. The van der Waals surface area contributed by atoms with Crippen molar-refractivity contribution in [1.82, 2.24) is 5.32 Å². The van der Waals surface area contributed by atoms with Gasteiger partial charge >= 0.3 is 0 Å². The standard InChI is InChI=1S/C35H42N2O6/c1-40-28-15-11-25(21-30(28)42-3)34(17-5-6-18-34)23-36-32(38)24-9-13-27(14-10-24)37-33(39)35(19-7-8-20-35)26-12-16-29(41-2)31(22-26)43-4/h9-16,21-22H,5-8,17-20,23H2,1-4H3,(H,36,38)(H,37,39). The first-order valence-corrected chi connectivity index (χ1v) is 15.0. The predicted molar refractivity (Wildman–Crippen MR) is 167 cm³/mol. The van der Waals surface area contributed by atoms with Gasteiger partial charge in [-0.15, -0.1) is 0 Å². The Morgan fingerprint density at radius 2 is 1.16 bits per heavy atom. The van der Waals surface area contributed by atoms with Gasteiger partial charge in [0.1, 0.15) is 0 Å². The van der Waals surface area contributed by atoms with E-state index < -0.39 is 5.41 Å². The molecule has 0 radical (unpaired) electrons. The van der Waals surface area contributed by atoms with E-state index in [0.717, 1.165) is 62.5 Å². The van der Waals surface area contributed by atoms with Crippen LogP contribution in [0.2, 0.25) is 0 Å². The van der Waals surface area contributed by atoms with Crippen molar-refractivity contribution in [3.8, 4) is 23.0 Å². The van der Waals surface area contributed by atoms with Gasteiger partial charge < -0.3 is 29.6 Å². The smallest absolute Gasteiger partial charge is 0.251 e. The molecule has 228 valence electrons. The number of benzene rings is 3. The molecule has 0 atom stereocenters. The van der Waals surface area contributed by atoms with Gasteiger partial charge in [0.25, 0.3) is 5.91 Å². The number of anilines is 1. The molecule has 2 amide bonds. The molecule has 43 heavy (non-hydrogen) atoms. The third-order valence-corrected chi connectivity index (χ3v) is 9.38. The van der Waals surface area contributed by atoms with E-state index in [1.54, 1.807) is 52.7 Å². The van der Waals surface area contributed by atoms with Gasteiger partial charge in [-0.25, -0.2) is 0 Å². The van der Waals surface area contributed by atoms with Gasteiger partial charge in [0.05, 0.1) is 33.9 Å². The van der Waals surface area contributed by atoms with E-state index >= 15 is 0 Å². The lowest BCUT2D eigenvalue weighted by molar-refractivity contribution is -0.121. The fraction of sp³-hybridized carbons (Fsp3) is 0.429. The van der Waals surface area contributed by atoms with Crippen LogP contribution in [0.4, 0.5) is 5.69 Å². The van der Waals surface area contributed by atoms with Crippen LogP contribution in [0.1, 0.15) is 72.9 Å². The molecule has 2 fully saturated rings.